The number of amides is 3. The molecule has 7 nitrogen and oxygen atoms in total. The van der Waals surface area contributed by atoms with Gasteiger partial charge in [0.2, 0.25) is 5.91 Å². The van der Waals surface area contributed by atoms with Gasteiger partial charge in [-0.05, 0) is 75.1 Å². The van der Waals surface area contributed by atoms with Crippen LogP contribution in [0, 0.1) is 11.3 Å². The van der Waals surface area contributed by atoms with E-state index in [0.717, 1.165) is 25.0 Å². The summed E-state index contributed by atoms with van der Waals surface area (Å²) in [5.74, 6) is 1.90. The molecule has 0 bridgehead atoms. The Balaban J connectivity index is 1.71. The monoisotopic (exact) mass is 467 g/mol. The number of benzene rings is 2. The quantitative estimate of drug-likeness (QED) is 0.424. The molecule has 2 N–H and O–H groups in total. The first-order valence-corrected chi connectivity index (χ1v) is 12.1. The van der Waals surface area contributed by atoms with E-state index >= 15 is 0 Å². The van der Waals surface area contributed by atoms with E-state index in [-0.39, 0.29) is 11.9 Å². The summed E-state index contributed by atoms with van der Waals surface area (Å²) in [5.41, 5.74) is 1.30. The van der Waals surface area contributed by atoms with Crippen molar-refractivity contribution in [2.45, 2.75) is 53.9 Å². The van der Waals surface area contributed by atoms with Crippen LogP contribution in [0.3, 0.4) is 0 Å². The molecule has 7 heteroatoms. The van der Waals surface area contributed by atoms with Gasteiger partial charge in [-0.2, -0.15) is 0 Å². The minimum absolute atomic E-state index is 0.0229. The van der Waals surface area contributed by atoms with E-state index in [0.29, 0.717) is 48.5 Å². The van der Waals surface area contributed by atoms with Crippen LogP contribution in [0.4, 0.5) is 21.9 Å². The SMILES string of the molecule is CCCCOc1ccc(NC(=O)Nc2ccc3c(c2)N(CCC(C)C)C(=O)C(C)(C)CO3)cc1. The highest BCUT2D eigenvalue weighted by molar-refractivity contribution is 6.02. The van der Waals surface area contributed by atoms with Gasteiger partial charge >= 0.3 is 6.03 Å². The molecular formula is C27H37N3O4. The molecule has 1 heterocycles. The highest BCUT2D eigenvalue weighted by atomic mass is 16.5. The number of hydrogen-bond acceptors (Lipinski definition) is 4. The summed E-state index contributed by atoms with van der Waals surface area (Å²) >= 11 is 0. The maximum atomic E-state index is 13.3. The third kappa shape index (κ3) is 6.65. The highest BCUT2D eigenvalue weighted by Gasteiger charge is 2.37. The molecule has 2 aromatic carbocycles. The molecule has 0 fully saturated rings. The van der Waals surface area contributed by atoms with E-state index in [1.807, 2.05) is 32.0 Å². The van der Waals surface area contributed by atoms with Gasteiger partial charge in [0.25, 0.3) is 0 Å². The molecular weight excluding hydrogens is 430 g/mol. The maximum absolute atomic E-state index is 13.3. The predicted molar refractivity (Wildman–Crippen MR) is 137 cm³/mol. The summed E-state index contributed by atoms with van der Waals surface area (Å²) in [4.78, 5) is 27.7. The van der Waals surface area contributed by atoms with Crippen LogP contribution >= 0.6 is 0 Å². The molecule has 1 aliphatic heterocycles. The van der Waals surface area contributed by atoms with Crippen molar-refractivity contribution in [2.24, 2.45) is 11.3 Å². The summed E-state index contributed by atoms with van der Waals surface area (Å²) in [6, 6.07) is 12.3. The van der Waals surface area contributed by atoms with Gasteiger partial charge < -0.3 is 25.0 Å². The smallest absolute Gasteiger partial charge is 0.323 e. The van der Waals surface area contributed by atoms with E-state index in [2.05, 4.69) is 31.4 Å². The number of nitrogens with one attached hydrogen (secondary N) is 2. The zero-order valence-electron chi connectivity index (χ0n) is 20.9. The maximum Gasteiger partial charge on any atom is 0.323 e. The van der Waals surface area contributed by atoms with Gasteiger partial charge in [-0.3, -0.25) is 4.79 Å². The van der Waals surface area contributed by atoms with E-state index in [9.17, 15) is 9.59 Å². The van der Waals surface area contributed by atoms with Crippen LogP contribution in [0.1, 0.15) is 53.9 Å². The number of ether oxygens (including phenoxy) is 2. The molecule has 0 radical (unpaired) electrons. The molecule has 3 amide bonds. The first-order chi connectivity index (χ1) is 16.2. The molecule has 1 aliphatic rings. The molecule has 3 rings (SSSR count). The largest absolute Gasteiger partial charge is 0.494 e. The lowest BCUT2D eigenvalue weighted by Crippen LogP contribution is -2.42. The Morgan fingerprint density at radius 1 is 1.12 bits per heavy atom. The van der Waals surface area contributed by atoms with E-state index < -0.39 is 5.41 Å². The van der Waals surface area contributed by atoms with Crippen molar-refractivity contribution in [3.8, 4) is 11.5 Å². The Labute approximate surface area is 202 Å². The van der Waals surface area contributed by atoms with Crippen molar-refractivity contribution in [2.75, 3.05) is 35.3 Å². The third-order valence-corrected chi connectivity index (χ3v) is 5.73. The van der Waals surface area contributed by atoms with Crippen LogP contribution in [-0.4, -0.2) is 31.7 Å². The molecule has 0 unspecified atom stereocenters. The molecule has 34 heavy (non-hydrogen) atoms. The summed E-state index contributed by atoms with van der Waals surface area (Å²) in [5, 5.41) is 5.70. The first kappa shape index (κ1) is 25.4. The number of fused-ring (bicyclic) bond motifs is 1. The second kappa shape index (κ2) is 11.3. The Bertz CT molecular complexity index is 986. The number of unbranched alkanes of at least 4 members (excludes halogenated alkanes) is 1. The second-order valence-electron chi connectivity index (χ2n) is 9.80. The van der Waals surface area contributed by atoms with E-state index in [1.54, 1.807) is 29.2 Å². The lowest BCUT2D eigenvalue weighted by Gasteiger charge is -2.28. The fourth-order valence-electron chi connectivity index (χ4n) is 3.59. The van der Waals surface area contributed by atoms with Gasteiger partial charge in [0.15, 0.2) is 0 Å². The fraction of sp³-hybridized carbons (Fsp3) is 0.481. The molecule has 0 saturated heterocycles. The molecule has 184 valence electrons. The van der Waals surface area contributed by atoms with Crippen molar-refractivity contribution in [1.82, 2.24) is 0 Å². The van der Waals surface area contributed by atoms with Gasteiger partial charge in [-0.25, -0.2) is 4.79 Å². The minimum Gasteiger partial charge on any atom is -0.494 e. The fourth-order valence-corrected chi connectivity index (χ4v) is 3.59. The Morgan fingerprint density at radius 2 is 1.79 bits per heavy atom. The van der Waals surface area contributed by atoms with Crippen LogP contribution in [0.15, 0.2) is 42.5 Å². The summed E-state index contributed by atoms with van der Waals surface area (Å²) in [6.07, 6.45) is 2.96. The number of carbonyl (C=O) groups is 2. The standard InChI is InChI=1S/C27H37N3O4/c1-6-7-16-33-22-11-8-20(9-12-22)28-26(32)29-21-10-13-24-23(17-21)30(15-14-19(2)3)25(31)27(4,5)18-34-24/h8-13,17,19H,6-7,14-16,18H2,1-5H3,(H2,28,29,32). The number of rotatable bonds is 9. The van der Waals surface area contributed by atoms with Crippen LogP contribution in [0.25, 0.3) is 0 Å². The number of nitrogens with zero attached hydrogens (tertiary/aromatic N) is 1. The minimum atomic E-state index is -0.632. The summed E-state index contributed by atoms with van der Waals surface area (Å²) in [6.45, 7) is 11.8. The molecule has 0 spiro atoms. The summed E-state index contributed by atoms with van der Waals surface area (Å²) in [7, 11) is 0. The van der Waals surface area contributed by atoms with Crippen LogP contribution in [-0.2, 0) is 4.79 Å². The highest BCUT2D eigenvalue weighted by Crippen LogP contribution is 2.38. The first-order valence-electron chi connectivity index (χ1n) is 12.1. The normalized spacial score (nSPS) is 14.8. The van der Waals surface area contributed by atoms with Crippen molar-refractivity contribution in [3.63, 3.8) is 0 Å². The van der Waals surface area contributed by atoms with Gasteiger partial charge in [-0.1, -0.05) is 27.2 Å². The van der Waals surface area contributed by atoms with Gasteiger partial charge in [0, 0.05) is 17.9 Å². The second-order valence-corrected chi connectivity index (χ2v) is 9.80. The Kier molecular flexibility index (Phi) is 8.42. The lowest BCUT2D eigenvalue weighted by molar-refractivity contribution is -0.127. The van der Waals surface area contributed by atoms with Gasteiger partial charge in [-0.15, -0.1) is 0 Å². The molecule has 0 saturated carbocycles. The van der Waals surface area contributed by atoms with Crippen molar-refractivity contribution in [3.05, 3.63) is 42.5 Å². The lowest BCUT2D eigenvalue weighted by atomic mass is 9.92. The predicted octanol–water partition coefficient (Wildman–Crippen LogP) is 6.31. The Morgan fingerprint density at radius 3 is 2.47 bits per heavy atom. The molecule has 0 atom stereocenters. The Hall–Kier alpha value is -3.22. The van der Waals surface area contributed by atoms with Crippen molar-refractivity contribution >= 4 is 29.0 Å². The van der Waals surface area contributed by atoms with Crippen LogP contribution in [0.2, 0.25) is 0 Å². The van der Waals surface area contributed by atoms with Crippen molar-refractivity contribution in [1.29, 1.82) is 0 Å². The van der Waals surface area contributed by atoms with Gasteiger partial charge in [0.05, 0.1) is 17.7 Å². The number of urea groups is 1. The molecule has 2 aromatic rings. The van der Waals surface area contributed by atoms with E-state index in [1.165, 1.54) is 0 Å². The number of carbonyl (C=O) groups excluding carboxylic acids is 2. The van der Waals surface area contributed by atoms with Crippen molar-refractivity contribution < 1.29 is 19.1 Å². The van der Waals surface area contributed by atoms with Crippen LogP contribution in [0.5, 0.6) is 11.5 Å². The molecule has 0 aromatic heterocycles. The molecule has 0 aliphatic carbocycles. The van der Waals surface area contributed by atoms with Crippen LogP contribution < -0.4 is 25.0 Å². The topological polar surface area (TPSA) is 79.9 Å². The van der Waals surface area contributed by atoms with E-state index in [4.69, 9.17) is 9.47 Å². The average molecular weight is 468 g/mol. The average Bonchev–Trinajstić information content (AvgIpc) is 2.88. The third-order valence-electron chi connectivity index (χ3n) is 5.73. The zero-order valence-corrected chi connectivity index (χ0v) is 20.9. The number of hydrogen-bond donors (Lipinski definition) is 2. The zero-order chi connectivity index (χ0) is 24.7. The summed E-state index contributed by atoms with van der Waals surface area (Å²) < 4.78 is 11.6. The number of anilines is 3. The van der Waals surface area contributed by atoms with Gasteiger partial charge in [0.1, 0.15) is 18.1 Å².